The van der Waals surface area contributed by atoms with Crippen molar-refractivity contribution in [2.75, 3.05) is 11.6 Å². The van der Waals surface area contributed by atoms with Crippen LogP contribution in [0.4, 0.5) is 5.13 Å². The number of rotatable bonds is 5. The Hall–Kier alpha value is -1.60. The predicted molar refractivity (Wildman–Crippen MR) is 84.0 cm³/mol. The van der Waals surface area contributed by atoms with Gasteiger partial charge in [0.05, 0.1) is 0 Å². The summed E-state index contributed by atoms with van der Waals surface area (Å²) in [7, 11) is -0.923. The molecule has 0 radical (unpaired) electrons. The lowest BCUT2D eigenvalue weighted by molar-refractivity contribution is 0.102. The molecule has 1 amide bonds. The summed E-state index contributed by atoms with van der Waals surface area (Å²) in [5, 5.41) is 12.4. The van der Waals surface area contributed by atoms with Crippen LogP contribution in [0.1, 0.15) is 39.7 Å². The first kappa shape index (κ1) is 14.3. The first-order valence-corrected chi connectivity index (χ1v) is 9.20. The van der Waals surface area contributed by atoms with Gasteiger partial charge in [0.15, 0.2) is 0 Å². The van der Waals surface area contributed by atoms with Crippen LogP contribution in [0.15, 0.2) is 24.3 Å². The second-order valence-electron chi connectivity index (χ2n) is 5.09. The molecule has 1 atom stereocenters. The molecule has 5 nitrogen and oxygen atoms in total. The minimum Gasteiger partial charge on any atom is -0.296 e. The lowest BCUT2D eigenvalue weighted by Gasteiger charge is -2.03. The van der Waals surface area contributed by atoms with E-state index in [2.05, 4.69) is 15.5 Å². The van der Waals surface area contributed by atoms with Crippen molar-refractivity contribution in [1.82, 2.24) is 10.2 Å². The number of hydrogen-bond acceptors (Lipinski definition) is 5. The topological polar surface area (TPSA) is 72.0 Å². The van der Waals surface area contributed by atoms with Crippen molar-refractivity contribution >= 4 is 33.2 Å². The summed E-state index contributed by atoms with van der Waals surface area (Å²) in [5.41, 5.74) is 1.43. The van der Waals surface area contributed by atoms with Gasteiger partial charge in [-0.1, -0.05) is 23.5 Å². The number of hydrogen-bond donors (Lipinski definition) is 1. The lowest BCUT2D eigenvalue weighted by Crippen LogP contribution is -2.12. The molecule has 1 aliphatic rings. The fourth-order valence-electron chi connectivity index (χ4n) is 1.99. The van der Waals surface area contributed by atoms with Crippen LogP contribution in [-0.4, -0.2) is 26.6 Å². The van der Waals surface area contributed by atoms with Crippen molar-refractivity contribution in [3.05, 3.63) is 40.4 Å². The Morgan fingerprint density at radius 3 is 2.95 bits per heavy atom. The molecule has 0 bridgehead atoms. The van der Waals surface area contributed by atoms with Gasteiger partial charge < -0.3 is 0 Å². The Morgan fingerprint density at radius 2 is 2.24 bits per heavy atom. The molecule has 3 rings (SSSR count). The molecule has 1 N–H and O–H groups in total. The summed E-state index contributed by atoms with van der Waals surface area (Å²) >= 11 is 1.44. The SMILES string of the molecule is CS(=O)Cc1cccc(C(=O)Nc2nnc(C3CC3)s2)c1. The van der Waals surface area contributed by atoms with Crippen molar-refractivity contribution in [2.24, 2.45) is 0 Å². The fourth-order valence-corrected chi connectivity index (χ4v) is 3.54. The smallest absolute Gasteiger partial charge is 0.257 e. The second-order valence-corrected chi connectivity index (χ2v) is 7.54. The molecule has 1 saturated carbocycles. The van der Waals surface area contributed by atoms with E-state index >= 15 is 0 Å². The number of carbonyl (C=O) groups is 1. The van der Waals surface area contributed by atoms with Crippen LogP contribution in [0.3, 0.4) is 0 Å². The Kier molecular flexibility index (Phi) is 4.12. The normalized spacial score (nSPS) is 15.7. The average Bonchev–Trinajstić information content (AvgIpc) is 3.19. The number of nitrogens with zero attached hydrogens (tertiary/aromatic N) is 2. The van der Waals surface area contributed by atoms with Crippen LogP contribution in [0.2, 0.25) is 0 Å². The monoisotopic (exact) mass is 321 g/mol. The van der Waals surface area contributed by atoms with Crippen LogP contribution >= 0.6 is 11.3 Å². The number of anilines is 1. The zero-order valence-electron chi connectivity index (χ0n) is 11.5. The Morgan fingerprint density at radius 1 is 1.43 bits per heavy atom. The summed E-state index contributed by atoms with van der Waals surface area (Å²) in [6.45, 7) is 0. The standard InChI is InChI=1S/C14H15N3O2S2/c1-21(19)8-9-3-2-4-11(7-9)12(18)15-14-17-16-13(20-14)10-5-6-10/h2-4,7,10H,5-6,8H2,1H3,(H,15,17,18). The maximum atomic E-state index is 12.2. The van der Waals surface area contributed by atoms with Gasteiger partial charge in [0.25, 0.3) is 5.91 Å². The van der Waals surface area contributed by atoms with E-state index in [4.69, 9.17) is 0 Å². The van der Waals surface area contributed by atoms with Crippen LogP contribution in [0.5, 0.6) is 0 Å². The van der Waals surface area contributed by atoms with Gasteiger partial charge >= 0.3 is 0 Å². The van der Waals surface area contributed by atoms with Crippen LogP contribution < -0.4 is 5.32 Å². The minimum atomic E-state index is -0.923. The first-order valence-electron chi connectivity index (χ1n) is 6.65. The molecule has 1 fully saturated rings. The van der Waals surface area contributed by atoms with E-state index in [-0.39, 0.29) is 5.91 Å². The Labute approximate surface area is 129 Å². The van der Waals surface area contributed by atoms with Gasteiger partial charge in [0.2, 0.25) is 5.13 Å². The zero-order valence-corrected chi connectivity index (χ0v) is 13.2. The molecule has 1 unspecified atom stereocenters. The largest absolute Gasteiger partial charge is 0.296 e. The van der Waals surface area contributed by atoms with Crippen molar-refractivity contribution in [2.45, 2.75) is 24.5 Å². The van der Waals surface area contributed by atoms with Crippen molar-refractivity contribution in [3.63, 3.8) is 0 Å². The zero-order chi connectivity index (χ0) is 14.8. The van der Waals surface area contributed by atoms with Crippen LogP contribution in [0.25, 0.3) is 0 Å². The second kappa shape index (κ2) is 6.03. The molecule has 0 spiro atoms. The third kappa shape index (κ3) is 3.74. The molecular formula is C14H15N3O2S2. The quantitative estimate of drug-likeness (QED) is 0.918. The number of nitrogens with one attached hydrogen (secondary N) is 1. The van der Waals surface area contributed by atoms with E-state index < -0.39 is 10.8 Å². The molecule has 1 heterocycles. The molecule has 1 aromatic heterocycles. The highest BCUT2D eigenvalue weighted by atomic mass is 32.2. The predicted octanol–water partition coefficient (Wildman–Crippen LogP) is 2.55. The maximum Gasteiger partial charge on any atom is 0.257 e. The molecule has 0 aliphatic heterocycles. The molecular weight excluding hydrogens is 306 g/mol. The van der Waals surface area contributed by atoms with Crippen molar-refractivity contribution in [1.29, 1.82) is 0 Å². The molecule has 21 heavy (non-hydrogen) atoms. The van der Waals surface area contributed by atoms with E-state index in [0.717, 1.165) is 10.6 Å². The number of amides is 1. The molecule has 1 aromatic carbocycles. The van der Waals surface area contributed by atoms with Crippen LogP contribution in [-0.2, 0) is 16.6 Å². The number of aromatic nitrogens is 2. The lowest BCUT2D eigenvalue weighted by atomic mass is 10.1. The van der Waals surface area contributed by atoms with E-state index in [9.17, 15) is 9.00 Å². The molecule has 1 aliphatic carbocycles. The van der Waals surface area contributed by atoms with Gasteiger partial charge in [-0.15, -0.1) is 10.2 Å². The third-order valence-corrected chi connectivity index (χ3v) is 4.89. The van der Waals surface area contributed by atoms with E-state index in [1.54, 1.807) is 24.5 Å². The summed E-state index contributed by atoms with van der Waals surface area (Å²) < 4.78 is 11.3. The van der Waals surface area contributed by atoms with Gasteiger partial charge in [0, 0.05) is 34.3 Å². The van der Waals surface area contributed by atoms with Gasteiger partial charge in [-0.3, -0.25) is 14.3 Å². The Bertz CT molecular complexity index is 695. The molecule has 2 aromatic rings. The number of carbonyl (C=O) groups excluding carboxylic acids is 1. The molecule has 7 heteroatoms. The highest BCUT2D eigenvalue weighted by Gasteiger charge is 2.27. The highest BCUT2D eigenvalue weighted by Crippen LogP contribution is 2.42. The van der Waals surface area contributed by atoms with E-state index in [1.165, 1.54) is 24.2 Å². The van der Waals surface area contributed by atoms with Crippen LogP contribution in [0, 0.1) is 0 Å². The van der Waals surface area contributed by atoms with Crippen molar-refractivity contribution < 1.29 is 9.00 Å². The van der Waals surface area contributed by atoms with Gasteiger partial charge in [-0.2, -0.15) is 0 Å². The summed E-state index contributed by atoms with van der Waals surface area (Å²) in [6.07, 6.45) is 3.98. The summed E-state index contributed by atoms with van der Waals surface area (Å²) in [4.78, 5) is 12.2. The van der Waals surface area contributed by atoms with Gasteiger partial charge in [-0.25, -0.2) is 0 Å². The van der Waals surface area contributed by atoms with Crippen molar-refractivity contribution in [3.8, 4) is 0 Å². The third-order valence-electron chi connectivity index (χ3n) is 3.15. The van der Waals surface area contributed by atoms with E-state index in [1.807, 2.05) is 6.07 Å². The minimum absolute atomic E-state index is 0.211. The molecule has 0 saturated heterocycles. The summed E-state index contributed by atoms with van der Waals surface area (Å²) in [6, 6.07) is 7.17. The Balaban J connectivity index is 1.70. The highest BCUT2D eigenvalue weighted by molar-refractivity contribution is 7.83. The van der Waals surface area contributed by atoms with E-state index in [0.29, 0.717) is 22.4 Å². The summed E-state index contributed by atoms with van der Waals surface area (Å²) in [5.74, 6) is 0.777. The molecule has 110 valence electrons. The fraction of sp³-hybridized carbons (Fsp3) is 0.357. The first-order chi connectivity index (χ1) is 10.1. The van der Waals surface area contributed by atoms with Gasteiger partial charge in [-0.05, 0) is 30.5 Å². The number of benzene rings is 1. The van der Waals surface area contributed by atoms with Gasteiger partial charge in [0.1, 0.15) is 5.01 Å². The maximum absolute atomic E-state index is 12.2. The average molecular weight is 321 g/mol.